The third kappa shape index (κ3) is 1.34. The van der Waals surface area contributed by atoms with Crippen molar-refractivity contribution in [1.82, 2.24) is 9.88 Å². The van der Waals surface area contributed by atoms with Crippen LogP contribution in [0.5, 0.6) is 0 Å². The maximum atomic E-state index is 4.08. The molecule has 0 atom stereocenters. The molecule has 2 fully saturated rings. The molecule has 3 rings (SSSR count). The summed E-state index contributed by atoms with van der Waals surface area (Å²) in [7, 11) is 2.19. The lowest BCUT2D eigenvalue weighted by molar-refractivity contribution is -0.00250. The molecule has 0 aromatic carbocycles. The lowest BCUT2D eigenvalue weighted by Gasteiger charge is -2.60. The summed E-state index contributed by atoms with van der Waals surface area (Å²) in [5.41, 5.74) is 3.07. The van der Waals surface area contributed by atoms with Gasteiger partial charge in [0.25, 0.3) is 0 Å². The Hall–Kier alpha value is -1.09. The van der Waals surface area contributed by atoms with E-state index in [-0.39, 0.29) is 0 Å². The summed E-state index contributed by atoms with van der Waals surface area (Å²) >= 11 is 0. The number of hydrogen-bond donors (Lipinski definition) is 0. The molecule has 1 spiro atoms. The highest BCUT2D eigenvalue weighted by molar-refractivity contribution is 5.53. The number of anilines is 1. The number of likely N-dealkylation sites (tertiary alicyclic amines) is 1. The smallest absolute Gasteiger partial charge is 0.114 e. The number of aromatic nitrogens is 1. The summed E-state index contributed by atoms with van der Waals surface area (Å²) in [5.74, 6) is 0. The molecule has 0 unspecified atom stereocenters. The number of aryl methyl sites for hydroxylation is 1. The van der Waals surface area contributed by atoms with Crippen LogP contribution in [0.25, 0.3) is 0 Å². The minimum absolute atomic E-state index is 0.588. The van der Waals surface area contributed by atoms with Crippen LogP contribution in [-0.2, 0) is 0 Å². The SMILES string of the molecule is Cc1ccn[c]c1N1CC2(CN(C)C2)C1. The number of rotatable bonds is 1. The second kappa shape index (κ2) is 2.95. The minimum Gasteiger partial charge on any atom is -0.368 e. The Morgan fingerprint density at radius 2 is 2.07 bits per heavy atom. The van der Waals surface area contributed by atoms with Gasteiger partial charge in [0.1, 0.15) is 6.20 Å². The first kappa shape index (κ1) is 9.16. The molecular formula is C12H16N3. The third-order valence-corrected chi connectivity index (χ3v) is 3.52. The van der Waals surface area contributed by atoms with Gasteiger partial charge < -0.3 is 9.80 Å². The van der Waals surface area contributed by atoms with E-state index in [0.29, 0.717) is 5.41 Å². The normalized spacial score (nSPS) is 23.7. The van der Waals surface area contributed by atoms with Crippen LogP contribution in [-0.4, -0.2) is 43.1 Å². The van der Waals surface area contributed by atoms with Crippen molar-refractivity contribution < 1.29 is 0 Å². The van der Waals surface area contributed by atoms with E-state index in [0.717, 1.165) is 0 Å². The fourth-order valence-corrected chi connectivity index (χ4v) is 2.96. The van der Waals surface area contributed by atoms with Crippen LogP contribution in [0, 0.1) is 18.5 Å². The number of pyridine rings is 1. The van der Waals surface area contributed by atoms with Gasteiger partial charge in [0.2, 0.25) is 0 Å². The lowest BCUT2D eigenvalue weighted by atomic mass is 9.73. The molecule has 0 bridgehead atoms. The third-order valence-electron chi connectivity index (χ3n) is 3.52. The van der Waals surface area contributed by atoms with Gasteiger partial charge in [-0.25, -0.2) is 0 Å². The van der Waals surface area contributed by atoms with Crippen LogP contribution in [0.2, 0.25) is 0 Å². The molecule has 0 N–H and O–H groups in total. The van der Waals surface area contributed by atoms with Gasteiger partial charge in [0, 0.05) is 37.8 Å². The number of hydrogen-bond acceptors (Lipinski definition) is 3. The van der Waals surface area contributed by atoms with Crippen molar-refractivity contribution in [2.45, 2.75) is 6.92 Å². The van der Waals surface area contributed by atoms with Crippen LogP contribution in [0.1, 0.15) is 5.56 Å². The maximum absolute atomic E-state index is 4.08. The van der Waals surface area contributed by atoms with E-state index in [1.807, 2.05) is 6.20 Å². The zero-order chi connectivity index (χ0) is 10.5. The van der Waals surface area contributed by atoms with Crippen LogP contribution in [0.3, 0.4) is 0 Å². The largest absolute Gasteiger partial charge is 0.368 e. The molecule has 79 valence electrons. The topological polar surface area (TPSA) is 19.4 Å². The first-order valence-electron chi connectivity index (χ1n) is 5.45. The second-order valence-electron chi connectivity index (χ2n) is 5.12. The Balaban J connectivity index is 1.70. The van der Waals surface area contributed by atoms with Crippen LogP contribution >= 0.6 is 0 Å². The highest BCUT2D eigenvalue weighted by atomic mass is 15.3. The van der Waals surface area contributed by atoms with Crippen molar-refractivity contribution in [3.63, 3.8) is 0 Å². The van der Waals surface area contributed by atoms with Crippen molar-refractivity contribution in [3.8, 4) is 0 Å². The standard InChI is InChI=1S/C12H16N3/c1-10-3-4-13-5-11(10)15-8-12(9-15)6-14(2)7-12/h3-4H,6-9H2,1-2H3. The van der Waals surface area contributed by atoms with Crippen molar-refractivity contribution in [2.24, 2.45) is 5.41 Å². The molecule has 1 radical (unpaired) electrons. The van der Waals surface area contributed by atoms with Crippen LogP contribution in [0.15, 0.2) is 12.3 Å². The van der Waals surface area contributed by atoms with E-state index < -0.39 is 0 Å². The average molecular weight is 202 g/mol. The van der Waals surface area contributed by atoms with E-state index in [9.17, 15) is 0 Å². The second-order valence-corrected chi connectivity index (χ2v) is 5.12. The molecule has 0 amide bonds. The predicted molar refractivity (Wildman–Crippen MR) is 60.0 cm³/mol. The summed E-state index contributed by atoms with van der Waals surface area (Å²) in [6.45, 7) is 7.00. The summed E-state index contributed by atoms with van der Waals surface area (Å²) < 4.78 is 0. The number of nitrogens with zero attached hydrogens (tertiary/aromatic N) is 3. The lowest BCUT2D eigenvalue weighted by Crippen LogP contribution is -2.71. The first-order valence-corrected chi connectivity index (χ1v) is 5.45. The Labute approximate surface area is 90.7 Å². The Morgan fingerprint density at radius 1 is 1.33 bits per heavy atom. The quantitative estimate of drug-likeness (QED) is 0.675. The summed E-state index contributed by atoms with van der Waals surface area (Å²) in [4.78, 5) is 8.86. The molecule has 1 aromatic rings. The van der Waals surface area contributed by atoms with E-state index in [1.165, 1.54) is 37.4 Å². The van der Waals surface area contributed by atoms with Gasteiger partial charge >= 0.3 is 0 Å². The minimum atomic E-state index is 0.588. The van der Waals surface area contributed by atoms with Crippen molar-refractivity contribution in [3.05, 3.63) is 24.0 Å². The predicted octanol–water partition coefficient (Wildman–Crippen LogP) is 0.942. The monoisotopic (exact) mass is 202 g/mol. The molecular weight excluding hydrogens is 186 g/mol. The van der Waals surface area contributed by atoms with Crippen LogP contribution < -0.4 is 4.90 Å². The van der Waals surface area contributed by atoms with E-state index >= 15 is 0 Å². The Kier molecular flexibility index (Phi) is 1.80. The molecule has 15 heavy (non-hydrogen) atoms. The van der Waals surface area contributed by atoms with Crippen molar-refractivity contribution in [1.29, 1.82) is 0 Å². The fraction of sp³-hybridized carbons (Fsp3) is 0.583. The molecule has 2 saturated heterocycles. The summed E-state index contributed by atoms with van der Waals surface area (Å²) in [5, 5.41) is 0. The molecule has 2 aliphatic rings. The molecule has 2 aliphatic heterocycles. The average Bonchev–Trinajstić information content (AvgIpc) is 2.10. The van der Waals surface area contributed by atoms with Crippen LogP contribution in [0.4, 0.5) is 5.69 Å². The van der Waals surface area contributed by atoms with E-state index in [2.05, 4.69) is 41.0 Å². The maximum Gasteiger partial charge on any atom is 0.114 e. The molecule has 3 nitrogen and oxygen atoms in total. The highest BCUT2D eigenvalue weighted by Crippen LogP contribution is 2.41. The highest BCUT2D eigenvalue weighted by Gasteiger charge is 2.50. The van der Waals surface area contributed by atoms with E-state index in [1.54, 1.807) is 0 Å². The van der Waals surface area contributed by atoms with Gasteiger partial charge in [-0.05, 0) is 25.6 Å². The molecule has 0 saturated carbocycles. The zero-order valence-corrected chi connectivity index (χ0v) is 9.32. The Morgan fingerprint density at radius 3 is 2.67 bits per heavy atom. The van der Waals surface area contributed by atoms with Crippen molar-refractivity contribution in [2.75, 3.05) is 38.1 Å². The van der Waals surface area contributed by atoms with Gasteiger partial charge in [-0.15, -0.1) is 0 Å². The van der Waals surface area contributed by atoms with Gasteiger partial charge in [-0.3, -0.25) is 4.98 Å². The van der Waals surface area contributed by atoms with Gasteiger partial charge in [-0.2, -0.15) is 0 Å². The summed E-state index contributed by atoms with van der Waals surface area (Å²) in [6, 6.07) is 2.06. The van der Waals surface area contributed by atoms with Gasteiger partial charge in [0.05, 0.1) is 5.69 Å². The fourth-order valence-electron chi connectivity index (χ4n) is 2.96. The van der Waals surface area contributed by atoms with E-state index in [4.69, 9.17) is 0 Å². The molecule has 3 heterocycles. The first-order chi connectivity index (χ1) is 7.19. The van der Waals surface area contributed by atoms with Crippen molar-refractivity contribution >= 4 is 5.69 Å². The van der Waals surface area contributed by atoms with Gasteiger partial charge in [-0.1, -0.05) is 0 Å². The molecule has 3 heteroatoms. The zero-order valence-electron chi connectivity index (χ0n) is 9.32. The molecule has 1 aromatic heterocycles. The summed E-state index contributed by atoms with van der Waals surface area (Å²) in [6.07, 6.45) is 4.91. The van der Waals surface area contributed by atoms with Gasteiger partial charge in [0.15, 0.2) is 0 Å². The molecule has 0 aliphatic carbocycles. The Bertz CT molecular complexity index is 374.